The van der Waals surface area contributed by atoms with Crippen molar-refractivity contribution in [2.24, 2.45) is 11.8 Å². The first-order valence-electron chi connectivity index (χ1n) is 6.12. The number of hydrazine groups is 1. The van der Waals surface area contributed by atoms with Gasteiger partial charge in [0.2, 0.25) is 0 Å². The summed E-state index contributed by atoms with van der Waals surface area (Å²) in [5, 5.41) is 14.4. The molecule has 0 amide bonds. The highest BCUT2D eigenvalue weighted by atomic mass is 16.6. The summed E-state index contributed by atoms with van der Waals surface area (Å²) in [6.07, 6.45) is 3.27. The zero-order chi connectivity index (χ0) is 13.1. The van der Waals surface area contributed by atoms with Gasteiger partial charge in [0, 0.05) is 6.04 Å². The Morgan fingerprint density at radius 3 is 2.67 bits per heavy atom. The lowest BCUT2D eigenvalue weighted by Crippen LogP contribution is -2.17. The van der Waals surface area contributed by atoms with Crippen molar-refractivity contribution in [1.29, 1.82) is 0 Å². The molecule has 1 fully saturated rings. The van der Waals surface area contributed by atoms with Crippen LogP contribution in [0.15, 0.2) is 18.2 Å². The molecule has 1 saturated carbocycles. The van der Waals surface area contributed by atoms with E-state index in [1.54, 1.807) is 18.2 Å². The first-order chi connectivity index (χ1) is 8.61. The van der Waals surface area contributed by atoms with Crippen molar-refractivity contribution in [3.05, 3.63) is 28.3 Å². The zero-order valence-corrected chi connectivity index (χ0v) is 10.3. The van der Waals surface area contributed by atoms with E-state index in [0.29, 0.717) is 23.3 Å². The largest absolute Gasteiger partial charge is 0.377 e. The Kier molecular flexibility index (Phi) is 3.66. The quantitative estimate of drug-likeness (QED) is 0.433. The van der Waals surface area contributed by atoms with Gasteiger partial charge in [-0.15, -0.1) is 0 Å². The Bertz CT molecular complexity index is 450. The van der Waals surface area contributed by atoms with E-state index < -0.39 is 4.92 Å². The van der Waals surface area contributed by atoms with E-state index in [-0.39, 0.29) is 5.69 Å². The number of benzene rings is 1. The number of anilines is 2. The smallest absolute Gasteiger partial charge is 0.316 e. The van der Waals surface area contributed by atoms with Gasteiger partial charge < -0.3 is 10.7 Å². The van der Waals surface area contributed by atoms with Crippen LogP contribution in [0.1, 0.15) is 26.2 Å². The van der Waals surface area contributed by atoms with Gasteiger partial charge in [-0.1, -0.05) is 13.0 Å². The first-order valence-corrected chi connectivity index (χ1v) is 6.12. The number of nitrogens with two attached hydrogens (primary N) is 1. The van der Waals surface area contributed by atoms with E-state index in [1.165, 1.54) is 6.42 Å². The average molecular weight is 250 g/mol. The van der Waals surface area contributed by atoms with Crippen LogP contribution in [-0.4, -0.2) is 11.0 Å². The molecule has 1 aromatic rings. The van der Waals surface area contributed by atoms with Crippen molar-refractivity contribution < 1.29 is 4.92 Å². The summed E-state index contributed by atoms with van der Waals surface area (Å²) >= 11 is 0. The molecule has 0 saturated heterocycles. The van der Waals surface area contributed by atoms with Gasteiger partial charge in [0.15, 0.2) is 0 Å². The fourth-order valence-corrected chi connectivity index (χ4v) is 2.53. The highest BCUT2D eigenvalue weighted by Crippen LogP contribution is 2.35. The second kappa shape index (κ2) is 5.22. The second-order valence-corrected chi connectivity index (χ2v) is 4.86. The van der Waals surface area contributed by atoms with E-state index in [1.807, 2.05) is 0 Å². The lowest BCUT2D eigenvalue weighted by molar-refractivity contribution is -0.383. The number of para-hydroxylation sites is 1. The number of nitro benzene ring substituents is 1. The molecular weight excluding hydrogens is 232 g/mol. The first kappa shape index (κ1) is 12.6. The van der Waals surface area contributed by atoms with Gasteiger partial charge in [0.05, 0.1) is 4.92 Å². The molecule has 4 N–H and O–H groups in total. The monoisotopic (exact) mass is 250 g/mol. The average Bonchev–Trinajstić information content (AvgIpc) is 2.74. The van der Waals surface area contributed by atoms with Crippen LogP contribution in [0.25, 0.3) is 0 Å². The van der Waals surface area contributed by atoms with Crippen molar-refractivity contribution >= 4 is 17.1 Å². The lowest BCUT2D eigenvalue weighted by atomic mass is 10.1. The maximum absolute atomic E-state index is 11.1. The van der Waals surface area contributed by atoms with Crippen LogP contribution in [0.4, 0.5) is 17.1 Å². The number of hydrogen-bond donors (Lipinski definition) is 3. The molecule has 98 valence electrons. The van der Waals surface area contributed by atoms with E-state index >= 15 is 0 Å². The SMILES string of the molecule is CC1CCC(Nc2cccc(NN)c2[N+](=O)[O-])C1. The third-order valence-electron chi connectivity index (χ3n) is 3.43. The molecule has 1 aliphatic carbocycles. The molecule has 2 unspecified atom stereocenters. The lowest BCUT2D eigenvalue weighted by Gasteiger charge is -2.15. The van der Waals surface area contributed by atoms with Crippen molar-refractivity contribution in [3.63, 3.8) is 0 Å². The van der Waals surface area contributed by atoms with Gasteiger partial charge in [0.25, 0.3) is 0 Å². The van der Waals surface area contributed by atoms with Gasteiger partial charge in [-0.25, -0.2) is 0 Å². The van der Waals surface area contributed by atoms with E-state index in [4.69, 9.17) is 5.84 Å². The summed E-state index contributed by atoms with van der Waals surface area (Å²) < 4.78 is 0. The standard InChI is InChI=1S/C12H18N4O2/c1-8-5-6-9(7-8)14-10-3-2-4-11(15-13)12(10)16(17)18/h2-4,8-9,14-15H,5-7,13H2,1H3. The molecule has 0 aromatic heterocycles. The van der Waals surface area contributed by atoms with Gasteiger partial charge in [-0.3, -0.25) is 16.0 Å². The third kappa shape index (κ3) is 2.53. The Labute approximate surface area is 106 Å². The van der Waals surface area contributed by atoms with Gasteiger partial charge in [0.1, 0.15) is 11.4 Å². The van der Waals surface area contributed by atoms with Crippen LogP contribution < -0.4 is 16.6 Å². The second-order valence-electron chi connectivity index (χ2n) is 4.86. The predicted molar refractivity (Wildman–Crippen MR) is 71.3 cm³/mol. The number of nitro groups is 1. The number of nitrogens with zero attached hydrogens (tertiary/aromatic N) is 1. The summed E-state index contributed by atoms with van der Waals surface area (Å²) in [6, 6.07) is 5.39. The van der Waals surface area contributed by atoms with Crippen LogP contribution in [0.2, 0.25) is 0 Å². The molecule has 0 spiro atoms. The molecule has 18 heavy (non-hydrogen) atoms. The Balaban J connectivity index is 2.24. The van der Waals surface area contributed by atoms with Crippen LogP contribution in [0.3, 0.4) is 0 Å². The molecule has 2 rings (SSSR count). The van der Waals surface area contributed by atoms with Crippen LogP contribution in [-0.2, 0) is 0 Å². The summed E-state index contributed by atoms with van der Waals surface area (Å²) in [4.78, 5) is 10.7. The van der Waals surface area contributed by atoms with Crippen molar-refractivity contribution in [2.75, 3.05) is 10.7 Å². The minimum Gasteiger partial charge on any atom is -0.377 e. The molecule has 0 radical (unpaired) electrons. The van der Waals surface area contributed by atoms with Crippen LogP contribution in [0, 0.1) is 16.0 Å². The molecule has 0 aliphatic heterocycles. The summed E-state index contributed by atoms with van der Waals surface area (Å²) in [5.74, 6) is 5.98. The highest BCUT2D eigenvalue weighted by Gasteiger charge is 2.25. The molecular formula is C12H18N4O2. The summed E-state index contributed by atoms with van der Waals surface area (Å²) in [7, 11) is 0. The summed E-state index contributed by atoms with van der Waals surface area (Å²) in [6.45, 7) is 2.20. The molecule has 0 heterocycles. The normalized spacial score (nSPS) is 22.8. The van der Waals surface area contributed by atoms with E-state index in [9.17, 15) is 10.1 Å². The van der Waals surface area contributed by atoms with Crippen LogP contribution in [0.5, 0.6) is 0 Å². The van der Waals surface area contributed by atoms with Gasteiger partial charge in [-0.2, -0.15) is 0 Å². The predicted octanol–water partition coefficient (Wildman–Crippen LogP) is 2.48. The number of nitrogens with one attached hydrogen (secondary N) is 2. The minimum absolute atomic E-state index is 0.0135. The fourth-order valence-electron chi connectivity index (χ4n) is 2.53. The third-order valence-corrected chi connectivity index (χ3v) is 3.43. The maximum Gasteiger partial charge on any atom is 0.316 e. The highest BCUT2D eigenvalue weighted by molar-refractivity contribution is 5.76. The van der Waals surface area contributed by atoms with Crippen LogP contribution >= 0.6 is 0 Å². The van der Waals surface area contributed by atoms with E-state index in [2.05, 4.69) is 17.7 Å². The minimum atomic E-state index is -0.407. The fraction of sp³-hybridized carbons (Fsp3) is 0.500. The van der Waals surface area contributed by atoms with Crippen molar-refractivity contribution in [3.8, 4) is 0 Å². The summed E-state index contributed by atoms with van der Waals surface area (Å²) in [5.41, 5.74) is 3.25. The van der Waals surface area contributed by atoms with Crippen molar-refractivity contribution in [1.82, 2.24) is 0 Å². The Morgan fingerprint density at radius 1 is 1.39 bits per heavy atom. The van der Waals surface area contributed by atoms with Gasteiger partial charge in [-0.05, 0) is 37.3 Å². The molecule has 2 atom stereocenters. The molecule has 0 bridgehead atoms. The van der Waals surface area contributed by atoms with Gasteiger partial charge >= 0.3 is 5.69 Å². The van der Waals surface area contributed by atoms with E-state index in [0.717, 1.165) is 12.8 Å². The zero-order valence-electron chi connectivity index (χ0n) is 10.3. The number of rotatable bonds is 4. The topological polar surface area (TPSA) is 93.2 Å². The Hall–Kier alpha value is -1.82. The molecule has 6 nitrogen and oxygen atoms in total. The Morgan fingerprint density at radius 2 is 2.11 bits per heavy atom. The number of hydrogen-bond acceptors (Lipinski definition) is 5. The number of nitrogen functional groups attached to an aromatic ring is 1. The molecule has 6 heteroatoms. The maximum atomic E-state index is 11.1. The van der Waals surface area contributed by atoms with Crippen molar-refractivity contribution in [2.45, 2.75) is 32.2 Å². The molecule has 1 aliphatic rings. The molecule has 1 aromatic carbocycles.